The average molecular weight is 239 g/mol. The standard InChI is InChI=1S/C9H9N3OS2/c1-12-6-10-11-9(12)15-5-7(13)8-3-2-4-14-8/h2-4,6H,5H2,1H3. The van der Waals surface area contributed by atoms with Crippen LogP contribution in [0.25, 0.3) is 0 Å². The third kappa shape index (κ3) is 2.45. The summed E-state index contributed by atoms with van der Waals surface area (Å²) in [5, 5.41) is 10.3. The molecule has 0 radical (unpaired) electrons. The van der Waals surface area contributed by atoms with Gasteiger partial charge in [0.05, 0.1) is 10.6 Å². The van der Waals surface area contributed by atoms with Crippen molar-refractivity contribution in [2.24, 2.45) is 7.05 Å². The molecular weight excluding hydrogens is 230 g/mol. The normalized spacial score (nSPS) is 10.5. The van der Waals surface area contributed by atoms with Crippen molar-refractivity contribution in [3.05, 3.63) is 28.7 Å². The second-order valence-corrected chi connectivity index (χ2v) is 4.80. The number of ketones is 1. The molecule has 2 aromatic heterocycles. The van der Waals surface area contributed by atoms with Gasteiger partial charge in [-0.05, 0) is 11.4 Å². The lowest BCUT2D eigenvalue weighted by atomic mass is 10.4. The van der Waals surface area contributed by atoms with Crippen molar-refractivity contribution >= 4 is 28.9 Å². The van der Waals surface area contributed by atoms with Crippen LogP contribution < -0.4 is 0 Å². The highest BCUT2D eigenvalue weighted by Crippen LogP contribution is 2.17. The summed E-state index contributed by atoms with van der Waals surface area (Å²) < 4.78 is 1.80. The predicted molar refractivity (Wildman–Crippen MR) is 60.4 cm³/mol. The third-order valence-electron chi connectivity index (χ3n) is 1.80. The zero-order valence-corrected chi connectivity index (χ0v) is 9.72. The van der Waals surface area contributed by atoms with Gasteiger partial charge in [0.2, 0.25) is 0 Å². The Morgan fingerprint density at radius 2 is 2.53 bits per heavy atom. The largest absolute Gasteiger partial charge is 0.312 e. The van der Waals surface area contributed by atoms with Gasteiger partial charge in [-0.15, -0.1) is 21.5 Å². The van der Waals surface area contributed by atoms with Crippen molar-refractivity contribution in [3.63, 3.8) is 0 Å². The minimum absolute atomic E-state index is 0.137. The van der Waals surface area contributed by atoms with Crippen LogP contribution in [0, 0.1) is 0 Å². The molecule has 0 unspecified atom stereocenters. The number of aryl methyl sites for hydroxylation is 1. The van der Waals surface area contributed by atoms with Gasteiger partial charge in [0.1, 0.15) is 6.33 Å². The molecule has 0 spiro atoms. The van der Waals surface area contributed by atoms with Crippen LogP contribution in [0.1, 0.15) is 9.67 Å². The number of hydrogen-bond acceptors (Lipinski definition) is 5. The molecule has 0 aliphatic heterocycles. The fraction of sp³-hybridized carbons (Fsp3) is 0.222. The van der Waals surface area contributed by atoms with E-state index < -0.39 is 0 Å². The Morgan fingerprint density at radius 3 is 3.13 bits per heavy atom. The molecule has 0 saturated carbocycles. The first-order valence-corrected chi connectivity index (χ1v) is 6.17. The maximum Gasteiger partial charge on any atom is 0.191 e. The summed E-state index contributed by atoms with van der Waals surface area (Å²) in [5.74, 6) is 0.547. The van der Waals surface area contributed by atoms with Gasteiger partial charge < -0.3 is 4.57 Å². The molecule has 0 atom stereocenters. The van der Waals surface area contributed by atoms with Crippen molar-refractivity contribution < 1.29 is 4.79 Å². The summed E-state index contributed by atoms with van der Waals surface area (Å²) in [6.07, 6.45) is 1.62. The SMILES string of the molecule is Cn1cnnc1SCC(=O)c1cccs1. The van der Waals surface area contributed by atoms with Crippen LogP contribution in [-0.4, -0.2) is 26.3 Å². The minimum atomic E-state index is 0.137. The average Bonchev–Trinajstić information content (AvgIpc) is 2.85. The minimum Gasteiger partial charge on any atom is -0.312 e. The maximum atomic E-state index is 11.6. The third-order valence-corrected chi connectivity index (χ3v) is 3.74. The molecular formula is C9H9N3OS2. The molecule has 15 heavy (non-hydrogen) atoms. The van der Waals surface area contributed by atoms with Crippen molar-refractivity contribution in [3.8, 4) is 0 Å². The molecule has 6 heteroatoms. The number of nitrogens with zero attached hydrogens (tertiary/aromatic N) is 3. The summed E-state index contributed by atoms with van der Waals surface area (Å²) in [6, 6.07) is 3.72. The summed E-state index contributed by atoms with van der Waals surface area (Å²) in [7, 11) is 1.86. The van der Waals surface area contributed by atoms with Crippen molar-refractivity contribution in [1.82, 2.24) is 14.8 Å². The number of carbonyl (C=O) groups is 1. The molecule has 0 N–H and O–H groups in total. The van der Waals surface area contributed by atoms with E-state index in [1.54, 1.807) is 10.9 Å². The first-order valence-electron chi connectivity index (χ1n) is 4.31. The van der Waals surface area contributed by atoms with E-state index in [1.807, 2.05) is 24.6 Å². The van der Waals surface area contributed by atoms with E-state index in [1.165, 1.54) is 23.1 Å². The molecule has 2 rings (SSSR count). The molecule has 2 heterocycles. The van der Waals surface area contributed by atoms with Gasteiger partial charge in [0.25, 0.3) is 0 Å². The molecule has 4 nitrogen and oxygen atoms in total. The Bertz CT molecular complexity index is 450. The molecule has 0 amide bonds. The smallest absolute Gasteiger partial charge is 0.191 e. The number of aromatic nitrogens is 3. The Morgan fingerprint density at radius 1 is 1.67 bits per heavy atom. The molecule has 0 aromatic carbocycles. The van der Waals surface area contributed by atoms with Crippen molar-refractivity contribution in [2.45, 2.75) is 5.16 Å². The van der Waals surface area contributed by atoms with Gasteiger partial charge in [-0.2, -0.15) is 0 Å². The van der Waals surface area contributed by atoms with Crippen LogP contribution in [0.2, 0.25) is 0 Å². The summed E-state index contributed by atoms with van der Waals surface area (Å²) in [6.45, 7) is 0. The fourth-order valence-corrected chi connectivity index (χ4v) is 2.57. The lowest BCUT2D eigenvalue weighted by Crippen LogP contribution is -2.01. The zero-order chi connectivity index (χ0) is 10.7. The van der Waals surface area contributed by atoms with Gasteiger partial charge in [0, 0.05) is 7.05 Å². The van der Waals surface area contributed by atoms with E-state index in [9.17, 15) is 4.79 Å². The van der Waals surface area contributed by atoms with Gasteiger partial charge in [-0.1, -0.05) is 17.8 Å². The maximum absolute atomic E-state index is 11.6. The van der Waals surface area contributed by atoms with E-state index in [-0.39, 0.29) is 5.78 Å². The van der Waals surface area contributed by atoms with Gasteiger partial charge in [-0.3, -0.25) is 4.79 Å². The highest BCUT2D eigenvalue weighted by atomic mass is 32.2. The van der Waals surface area contributed by atoms with E-state index in [2.05, 4.69) is 10.2 Å². The Labute approximate surface area is 95.3 Å². The monoisotopic (exact) mass is 239 g/mol. The van der Waals surface area contributed by atoms with Gasteiger partial charge in [-0.25, -0.2) is 0 Å². The molecule has 0 aliphatic rings. The van der Waals surface area contributed by atoms with Gasteiger partial charge in [0.15, 0.2) is 10.9 Å². The molecule has 78 valence electrons. The van der Waals surface area contributed by atoms with Crippen LogP contribution in [0.15, 0.2) is 29.0 Å². The Hall–Kier alpha value is -1.14. The second kappa shape index (κ2) is 4.59. The number of Topliss-reactive ketones (excluding diaryl/α,β-unsaturated/α-hetero) is 1. The molecule has 0 bridgehead atoms. The number of rotatable bonds is 4. The van der Waals surface area contributed by atoms with Crippen LogP contribution in [0.5, 0.6) is 0 Å². The van der Waals surface area contributed by atoms with E-state index in [0.717, 1.165) is 10.0 Å². The van der Waals surface area contributed by atoms with Crippen LogP contribution in [-0.2, 0) is 7.05 Å². The first-order chi connectivity index (χ1) is 7.27. The number of thioether (sulfide) groups is 1. The molecule has 0 fully saturated rings. The Balaban J connectivity index is 1.95. The molecule has 0 aliphatic carbocycles. The van der Waals surface area contributed by atoms with E-state index >= 15 is 0 Å². The van der Waals surface area contributed by atoms with Gasteiger partial charge >= 0.3 is 0 Å². The highest BCUT2D eigenvalue weighted by molar-refractivity contribution is 7.99. The summed E-state index contributed by atoms with van der Waals surface area (Å²) in [5.41, 5.74) is 0. The summed E-state index contributed by atoms with van der Waals surface area (Å²) >= 11 is 2.87. The van der Waals surface area contributed by atoms with Crippen LogP contribution in [0.3, 0.4) is 0 Å². The van der Waals surface area contributed by atoms with E-state index in [4.69, 9.17) is 0 Å². The first kappa shape index (κ1) is 10.4. The van der Waals surface area contributed by atoms with Crippen LogP contribution in [0.4, 0.5) is 0 Å². The van der Waals surface area contributed by atoms with Crippen LogP contribution >= 0.6 is 23.1 Å². The lowest BCUT2D eigenvalue weighted by Gasteiger charge is -1.98. The topological polar surface area (TPSA) is 47.8 Å². The molecule has 0 saturated heterocycles. The Kier molecular flexibility index (Phi) is 3.17. The second-order valence-electron chi connectivity index (χ2n) is 2.91. The van der Waals surface area contributed by atoms with Crippen molar-refractivity contribution in [1.29, 1.82) is 0 Å². The quantitative estimate of drug-likeness (QED) is 0.603. The number of carbonyl (C=O) groups excluding carboxylic acids is 1. The zero-order valence-electron chi connectivity index (χ0n) is 8.08. The predicted octanol–water partition coefficient (Wildman–Crippen LogP) is 1.85. The number of thiophene rings is 1. The lowest BCUT2D eigenvalue weighted by molar-refractivity contribution is 0.102. The highest BCUT2D eigenvalue weighted by Gasteiger charge is 2.09. The summed E-state index contributed by atoms with van der Waals surface area (Å²) in [4.78, 5) is 12.4. The van der Waals surface area contributed by atoms with Crippen molar-refractivity contribution in [2.75, 3.05) is 5.75 Å². The molecule has 2 aromatic rings. The fourth-order valence-electron chi connectivity index (χ4n) is 1.04. The van der Waals surface area contributed by atoms with E-state index in [0.29, 0.717) is 5.75 Å². The number of hydrogen-bond donors (Lipinski definition) is 0.